The quantitative estimate of drug-likeness (QED) is 0.881. The zero-order chi connectivity index (χ0) is 14.5. The van der Waals surface area contributed by atoms with Crippen molar-refractivity contribution in [3.63, 3.8) is 0 Å². The molecule has 20 heavy (non-hydrogen) atoms. The van der Waals surface area contributed by atoms with Gasteiger partial charge in [-0.15, -0.1) is 0 Å². The number of nitrogens with one attached hydrogen (secondary N) is 1. The van der Waals surface area contributed by atoms with Crippen molar-refractivity contribution in [3.05, 3.63) is 35.4 Å². The smallest absolute Gasteiger partial charge is 0.335 e. The first-order valence-corrected chi connectivity index (χ1v) is 6.79. The maximum Gasteiger partial charge on any atom is 0.335 e. The standard InChI is InChI=1S/C15H19NO4/c1-10-8-11(6-7-20-10)9-16-14(17)12-2-4-13(5-3-12)15(18)19/h2-5,10-11H,6-9H2,1H3,(H,16,17)(H,18,19). The number of carboxylic acid groups (broad SMARTS) is 1. The molecule has 0 aromatic heterocycles. The summed E-state index contributed by atoms with van der Waals surface area (Å²) in [5.41, 5.74) is 0.662. The number of benzene rings is 1. The van der Waals surface area contributed by atoms with Crippen molar-refractivity contribution < 1.29 is 19.4 Å². The number of hydrogen-bond donors (Lipinski definition) is 2. The summed E-state index contributed by atoms with van der Waals surface area (Å²) >= 11 is 0. The fourth-order valence-electron chi connectivity index (χ4n) is 2.38. The van der Waals surface area contributed by atoms with Gasteiger partial charge in [-0.3, -0.25) is 4.79 Å². The van der Waals surface area contributed by atoms with Crippen molar-refractivity contribution in [2.24, 2.45) is 5.92 Å². The number of rotatable bonds is 4. The topological polar surface area (TPSA) is 75.6 Å². The highest BCUT2D eigenvalue weighted by Crippen LogP contribution is 2.19. The van der Waals surface area contributed by atoms with Crippen LogP contribution in [0.3, 0.4) is 0 Å². The van der Waals surface area contributed by atoms with Gasteiger partial charge in [-0.2, -0.15) is 0 Å². The van der Waals surface area contributed by atoms with Crippen molar-refractivity contribution in [3.8, 4) is 0 Å². The Morgan fingerprint density at radius 1 is 1.30 bits per heavy atom. The van der Waals surface area contributed by atoms with Gasteiger partial charge < -0.3 is 15.2 Å². The molecule has 2 atom stereocenters. The summed E-state index contributed by atoms with van der Waals surface area (Å²) in [6, 6.07) is 5.94. The van der Waals surface area contributed by atoms with Crippen molar-refractivity contribution in [1.29, 1.82) is 0 Å². The maximum atomic E-state index is 12.0. The highest BCUT2D eigenvalue weighted by molar-refractivity contribution is 5.95. The van der Waals surface area contributed by atoms with Gasteiger partial charge in [-0.25, -0.2) is 4.79 Å². The lowest BCUT2D eigenvalue weighted by Crippen LogP contribution is -2.34. The lowest BCUT2D eigenvalue weighted by Gasteiger charge is -2.27. The van der Waals surface area contributed by atoms with Crippen LogP contribution in [0.15, 0.2) is 24.3 Å². The molecule has 1 aliphatic heterocycles. The zero-order valence-electron chi connectivity index (χ0n) is 11.5. The molecule has 108 valence electrons. The number of aromatic carboxylic acids is 1. The second-order valence-corrected chi connectivity index (χ2v) is 5.16. The Hall–Kier alpha value is -1.88. The summed E-state index contributed by atoms with van der Waals surface area (Å²) in [6.45, 7) is 3.42. The van der Waals surface area contributed by atoms with Crippen LogP contribution < -0.4 is 5.32 Å². The molecule has 0 radical (unpaired) electrons. The minimum absolute atomic E-state index is 0.166. The van der Waals surface area contributed by atoms with Gasteiger partial charge in [0.1, 0.15) is 0 Å². The van der Waals surface area contributed by atoms with Crippen LogP contribution in [0.5, 0.6) is 0 Å². The minimum atomic E-state index is -0.992. The third kappa shape index (κ3) is 3.81. The largest absolute Gasteiger partial charge is 0.478 e. The van der Waals surface area contributed by atoms with Crippen LogP contribution in [0.1, 0.15) is 40.5 Å². The van der Waals surface area contributed by atoms with Crippen molar-refractivity contribution >= 4 is 11.9 Å². The van der Waals surface area contributed by atoms with Crippen LogP contribution in [-0.4, -0.2) is 36.2 Å². The Balaban J connectivity index is 1.86. The number of carboxylic acids is 1. The number of carbonyl (C=O) groups is 2. The predicted molar refractivity (Wildman–Crippen MR) is 73.9 cm³/mol. The van der Waals surface area contributed by atoms with Gasteiger partial charge in [-0.05, 0) is 49.9 Å². The average Bonchev–Trinajstić information content (AvgIpc) is 2.45. The minimum Gasteiger partial charge on any atom is -0.478 e. The molecule has 5 nitrogen and oxygen atoms in total. The third-order valence-electron chi connectivity index (χ3n) is 3.54. The van der Waals surface area contributed by atoms with E-state index >= 15 is 0 Å². The molecular formula is C15H19NO4. The molecule has 0 bridgehead atoms. The highest BCUT2D eigenvalue weighted by Gasteiger charge is 2.20. The van der Waals surface area contributed by atoms with Crippen LogP contribution in [-0.2, 0) is 4.74 Å². The van der Waals surface area contributed by atoms with E-state index in [2.05, 4.69) is 5.32 Å². The van der Waals surface area contributed by atoms with E-state index < -0.39 is 5.97 Å². The molecule has 0 aliphatic carbocycles. The highest BCUT2D eigenvalue weighted by atomic mass is 16.5. The first-order valence-electron chi connectivity index (χ1n) is 6.79. The maximum absolute atomic E-state index is 12.0. The first-order chi connectivity index (χ1) is 9.56. The monoisotopic (exact) mass is 277 g/mol. The number of hydrogen-bond acceptors (Lipinski definition) is 3. The van der Waals surface area contributed by atoms with E-state index in [0.717, 1.165) is 19.4 Å². The molecule has 2 unspecified atom stereocenters. The van der Waals surface area contributed by atoms with E-state index in [0.29, 0.717) is 18.0 Å². The van der Waals surface area contributed by atoms with Crippen molar-refractivity contribution in [1.82, 2.24) is 5.32 Å². The van der Waals surface area contributed by atoms with Gasteiger partial charge in [0.2, 0.25) is 0 Å². The lowest BCUT2D eigenvalue weighted by atomic mass is 9.96. The van der Waals surface area contributed by atoms with Crippen LogP contribution in [0.2, 0.25) is 0 Å². The molecular weight excluding hydrogens is 258 g/mol. The number of ether oxygens (including phenoxy) is 1. The Bertz CT molecular complexity index is 483. The zero-order valence-corrected chi connectivity index (χ0v) is 11.5. The molecule has 1 aromatic rings. The van der Waals surface area contributed by atoms with E-state index in [1.165, 1.54) is 24.3 Å². The van der Waals surface area contributed by atoms with Gasteiger partial charge in [0.15, 0.2) is 0 Å². The van der Waals surface area contributed by atoms with Crippen LogP contribution in [0.25, 0.3) is 0 Å². The molecule has 1 heterocycles. The van der Waals surface area contributed by atoms with Crippen molar-refractivity contribution in [2.75, 3.05) is 13.2 Å². The Labute approximate surface area is 117 Å². The van der Waals surface area contributed by atoms with E-state index in [4.69, 9.17) is 9.84 Å². The van der Waals surface area contributed by atoms with Gasteiger partial charge in [-0.1, -0.05) is 0 Å². The molecule has 1 aliphatic rings. The van der Waals surface area contributed by atoms with Gasteiger partial charge in [0.05, 0.1) is 11.7 Å². The van der Waals surface area contributed by atoms with Gasteiger partial charge >= 0.3 is 5.97 Å². The Morgan fingerprint density at radius 2 is 1.95 bits per heavy atom. The number of carbonyl (C=O) groups excluding carboxylic acids is 1. The second-order valence-electron chi connectivity index (χ2n) is 5.16. The molecule has 2 N–H and O–H groups in total. The van der Waals surface area contributed by atoms with E-state index in [9.17, 15) is 9.59 Å². The summed E-state index contributed by atoms with van der Waals surface area (Å²) in [7, 11) is 0. The molecule has 1 amide bonds. The van der Waals surface area contributed by atoms with Crippen LogP contribution in [0, 0.1) is 5.92 Å². The predicted octanol–water partition coefficient (Wildman–Crippen LogP) is 1.93. The summed E-state index contributed by atoms with van der Waals surface area (Å²) in [5.74, 6) is -0.713. The first kappa shape index (κ1) is 14.5. The lowest BCUT2D eigenvalue weighted by molar-refractivity contribution is 0.00302. The Kier molecular flexibility index (Phi) is 4.74. The fraction of sp³-hybridized carbons (Fsp3) is 0.467. The molecule has 5 heteroatoms. The van der Waals surface area contributed by atoms with Crippen LogP contribution in [0.4, 0.5) is 0 Å². The Morgan fingerprint density at radius 3 is 2.55 bits per heavy atom. The van der Waals surface area contributed by atoms with E-state index in [-0.39, 0.29) is 17.6 Å². The average molecular weight is 277 g/mol. The third-order valence-corrected chi connectivity index (χ3v) is 3.54. The SMILES string of the molecule is CC1CC(CNC(=O)c2ccc(C(=O)O)cc2)CCO1. The summed E-state index contributed by atoms with van der Waals surface area (Å²) in [5, 5.41) is 11.7. The fourth-order valence-corrected chi connectivity index (χ4v) is 2.38. The normalized spacial score (nSPS) is 22.2. The molecule has 1 saturated heterocycles. The summed E-state index contributed by atoms with van der Waals surface area (Å²) in [4.78, 5) is 22.7. The van der Waals surface area contributed by atoms with Crippen LogP contribution >= 0.6 is 0 Å². The molecule has 1 aromatic carbocycles. The molecule has 0 saturated carbocycles. The van der Waals surface area contributed by atoms with Gasteiger partial charge in [0, 0.05) is 18.7 Å². The molecule has 1 fully saturated rings. The molecule has 2 rings (SSSR count). The van der Waals surface area contributed by atoms with E-state index in [1.54, 1.807) is 0 Å². The number of amides is 1. The molecule has 0 spiro atoms. The van der Waals surface area contributed by atoms with Crippen molar-refractivity contribution in [2.45, 2.75) is 25.9 Å². The summed E-state index contributed by atoms with van der Waals surface area (Å²) < 4.78 is 5.47. The van der Waals surface area contributed by atoms with E-state index in [1.807, 2.05) is 6.92 Å². The second kappa shape index (κ2) is 6.52. The summed E-state index contributed by atoms with van der Waals surface area (Å²) in [6.07, 6.45) is 2.17. The van der Waals surface area contributed by atoms with Gasteiger partial charge in [0.25, 0.3) is 5.91 Å².